The van der Waals surface area contributed by atoms with E-state index in [-0.39, 0.29) is 5.78 Å². The zero-order valence-electron chi connectivity index (χ0n) is 18.6. The largest absolute Gasteiger partial charge is 0.496 e. The van der Waals surface area contributed by atoms with Gasteiger partial charge in [-0.15, -0.1) is 0 Å². The monoisotopic (exact) mass is 415 g/mol. The number of quaternary nitrogens is 2. The van der Waals surface area contributed by atoms with Crippen molar-refractivity contribution in [1.29, 1.82) is 0 Å². The fourth-order valence-electron chi connectivity index (χ4n) is 4.38. The van der Waals surface area contributed by atoms with E-state index in [2.05, 4.69) is 24.0 Å². The molecule has 1 aliphatic heterocycles. The minimum absolute atomic E-state index is 0.0459. The van der Waals surface area contributed by atoms with Crippen LogP contribution in [0.3, 0.4) is 0 Å². The highest BCUT2D eigenvalue weighted by Gasteiger charge is 2.29. The molecule has 3 rings (SSSR count). The third kappa shape index (κ3) is 4.74. The third-order valence-electron chi connectivity index (χ3n) is 6.06. The number of ketones is 1. The van der Waals surface area contributed by atoms with Crippen LogP contribution in [0, 0.1) is 20.8 Å². The van der Waals surface area contributed by atoms with Gasteiger partial charge in [-0.05, 0) is 38.5 Å². The normalized spacial score (nSPS) is 18.8. The van der Waals surface area contributed by atoms with Gasteiger partial charge in [-0.25, -0.2) is 4.79 Å². The first-order valence-electron chi connectivity index (χ1n) is 10.4. The second-order valence-corrected chi connectivity index (χ2v) is 8.21. The van der Waals surface area contributed by atoms with Gasteiger partial charge in [0, 0.05) is 11.3 Å². The Morgan fingerprint density at radius 2 is 1.70 bits per heavy atom. The molecule has 2 aromatic rings. The van der Waals surface area contributed by atoms with Gasteiger partial charge in [-0.2, -0.15) is 0 Å². The summed E-state index contributed by atoms with van der Waals surface area (Å²) < 4.78 is 10.4. The smallest absolute Gasteiger partial charge is 0.339 e. The Bertz CT molecular complexity index is 927. The van der Waals surface area contributed by atoms with Crippen LogP contribution in [0.25, 0.3) is 0 Å². The molecular weight excluding hydrogens is 382 g/mol. The van der Waals surface area contributed by atoms with Crippen LogP contribution in [0.1, 0.15) is 43.2 Å². The first-order valence-corrected chi connectivity index (χ1v) is 10.4. The molecular formula is C23H33N3O4+2. The van der Waals surface area contributed by atoms with Gasteiger partial charge in [-0.1, -0.05) is 11.6 Å². The number of methoxy groups -OCH3 is 2. The van der Waals surface area contributed by atoms with Crippen molar-refractivity contribution in [2.24, 2.45) is 0 Å². The zero-order valence-corrected chi connectivity index (χ0v) is 18.6. The molecule has 0 atom stereocenters. The molecule has 0 bridgehead atoms. The molecule has 7 nitrogen and oxygen atoms in total. The van der Waals surface area contributed by atoms with Crippen molar-refractivity contribution in [3.63, 3.8) is 0 Å². The van der Waals surface area contributed by atoms with E-state index in [1.165, 1.54) is 28.0 Å². The topological polar surface area (TPSA) is 77.3 Å². The lowest BCUT2D eigenvalue weighted by Gasteiger charge is -2.29. The van der Waals surface area contributed by atoms with E-state index < -0.39 is 5.97 Å². The van der Waals surface area contributed by atoms with E-state index >= 15 is 0 Å². The van der Waals surface area contributed by atoms with Crippen LogP contribution in [-0.2, 0) is 11.3 Å². The quantitative estimate of drug-likeness (QED) is 0.436. The molecule has 0 unspecified atom stereocenters. The van der Waals surface area contributed by atoms with Gasteiger partial charge < -0.3 is 24.3 Å². The summed E-state index contributed by atoms with van der Waals surface area (Å²) in [5.41, 5.74) is 4.83. The highest BCUT2D eigenvalue weighted by Crippen LogP contribution is 2.19. The maximum absolute atomic E-state index is 12.9. The molecule has 0 saturated carbocycles. The van der Waals surface area contributed by atoms with Crippen molar-refractivity contribution in [3.05, 3.63) is 51.8 Å². The maximum Gasteiger partial charge on any atom is 0.339 e. The van der Waals surface area contributed by atoms with Gasteiger partial charge in [0.2, 0.25) is 5.78 Å². The Labute approximate surface area is 178 Å². The number of H-pyrrole nitrogens is 1. The van der Waals surface area contributed by atoms with Crippen molar-refractivity contribution in [1.82, 2.24) is 4.98 Å². The van der Waals surface area contributed by atoms with Gasteiger partial charge in [-0.3, -0.25) is 4.79 Å². The van der Waals surface area contributed by atoms with Gasteiger partial charge in [0.05, 0.1) is 25.5 Å². The molecule has 1 fully saturated rings. The van der Waals surface area contributed by atoms with Crippen LogP contribution < -0.4 is 14.5 Å². The number of carbonyl (C=O) groups excluding carboxylic acids is 2. The van der Waals surface area contributed by atoms with Crippen molar-refractivity contribution in [2.75, 3.05) is 46.9 Å². The second kappa shape index (κ2) is 9.45. The summed E-state index contributed by atoms with van der Waals surface area (Å²) in [6.45, 7) is 11.0. The number of hydrogen-bond donors (Lipinski definition) is 3. The Morgan fingerprint density at radius 1 is 1.03 bits per heavy atom. The average molecular weight is 416 g/mol. The number of rotatable bonds is 7. The number of benzene rings is 1. The Morgan fingerprint density at radius 3 is 2.33 bits per heavy atom. The Hall–Kier alpha value is -2.64. The molecule has 3 N–H and O–H groups in total. The van der Waals surface area contributed by atoms with Crippen LogP contribution in [0.2, 0.25) is 0 Å². The molecule has 0 spiro atoms. The third-order valence-corrected chi connectivity index (χ3v) is 6.06. The minimum Gasteiger partial charge on any atom is -0.496 e. The lowest BCUT2D eigenvalue weighted by molar-refractivity contribution is -1.01. The number of aromatic amines is 1. The van der Waals surface area contributed by atoms with E-state index in [1.54, 1.807) is 21.0 Å². The number of piperazine rings is 1. The number of aryl methyl sites for hydroxylation is 2. The Balaban J connectivity index is 1.58. The summed E-state index contributed by atoms with van der Waals surface area (Å²) in [4.78, 5) is 30.7. The predicted octanol–water partition coefficient (Wildman–Crippen LogP) is -0.0985. The molecule has 1 aromatic carbocycles. The number of carbonyl (C=O) groups is 2. The van der Waals surface area contributed by atoms with Gasteiger partial charge in [0.25, 0.3) is 0 Å². The van der Waals surface area contributed by atoms with Crippen LogP contribution in [0.15, 0.2) is 18.2 Å². The molecule has 1 aromatic heterocycles. The number of ether oxygens (including phenoxy) is 2. The molecule has 0 radical (unpaired) electrons. The number of Topliss-reactive ketones (excluding diaryl/α,β-unsaturated/α-hetero) is 1. The SMILES string of the molecule is COC(=O)c1c(C)[nH]c(C(=O)C[NH+]2CC[NH+](Cc3cc(C)ccc3OC)CC2)c1C. The molecule has 2 heterocycles. The zero-order chi connectivity index (χ0) is 21.8. The van der Waals surface area contributed by atoms with Crippen molar-refractivity contribution in [2.45, 2.75) is 27.3 Å². The van der Waals surface area contributed by atoms with Gasteiger partial charge in [0.15, 0.2) is 0 Å². The molecule has 30 heavy (non-hydrogen) atoms. The fraction of sp³-hybridized carbons (Fsp3) is 0.478. The van der Waals surface area contributed by atoms with Crippen LogP contribution in [0.5, 0.6) is 5.75 Å². The lowest BCUT2D eigenvalue weighted by atomic mass is 10.1. The standard InChI is InChI=1S/C23H31N3O4/c1-15-6-7-20(29-4)18(12-15)13-25-8-10-26(11-9-25)14-19(27)22-16(2)21(17(3)24-22)23(28)30-5/h6-7,12,24H,8-11,13-14H2,1-5H3/p+2. The van der Waals surface area contributed by atoms with Crippen LogP contribution in [0.4, 0.5) is 0 Å². The molecule has 1 aliphatic rings. The fourth-order valence-corrected chi connectivity index (χ4v) is 4.38. The Kier molecular flexibility index (Phi) is 6.95. The number of nitrogens with one attached hydrogen (secondary N) is 3. The minimum atomic E-state index is -0.406. The van der Waals surface area contributed by atoms with E-state index in [1.807, 2.05) is 6.07 Å². The highest BCUT2D eigenvalue weighted by atomic mass is 16.5. The molecule has 1 saturated heterocycles. The number of esters is 1. The van der Waals surface area contributed by atoms with Crippen LogP contribution >= 0.6 is 0 Å². The molecule has 7 heteroatoms. The van der Waals surface area contributed by atoms with E-state index in [0.29, 0.717) is 29.1 Å². The predicted molar refractivity (Wildman–Crippen MR) is 114 cm³/mol. The average Bonchev–Trinajstić information content (AvgIpc) is 3.03. The summed E-state index contributed by atoms with van der Waals surface area (Å²) in [7, 11) is 3.07. The van der Waals surface area contributed by atoms with E-state index in [4.69, 9.17) is 9.47 Å². The van der Waals surface area contributed by atoms with E-state index in [0.717, 1.165) is 38.5 Å². The highest BCUT2D eigenvalue weighted by molar-refractivity contribution is 6.01. The number of hydrogen-bond acceptors (Lipinski definition) is 4. The van der Waals surface area contributed by atoms with Gasteiger partial charge in [0.1, 0.15) is 45.0 Å². The maximum atomic E-state index is 12.9. The van der Waals surface area contributed by atoms with Crippen molar-refractivity contribution in [3.8, 4) is 5.75 Å². The summed E-state index contributed by atoms with van der Waals surface area (Å²) in [6.07, 6.45) is 0. The number of aromatic nitrogens is 1. The summed E-state index contributed by atoms with van der Waals surface area (Å²) in [5.74, 6) is 0.582. The molecule has 0 amide bonds. The summed E-state index contributed by atoms with van der Waals surface area (Å²) >= 11 is 0. The van der Waals surface area contributed by atoms with Crippen molar-refractivity contribution >= 4 is 11.8 Å². The van der Waals surface area contributed by atoms with Crippen molar-refractivity contribution < 1.29 is 28.9 Å². The van der Waals surface area contributed by atoms with E-state index in [9.17, 15) is 9.59 Å². The lowest BCUT2D eigenvalue weighted by Crippen LogP contribution is -3.27. The first kappa shape index (κ1) is 22.1. The first-order chi connectivity index (χ1) is 14.3. The summed E-state index contributed by atoms with van der Waals surface area (Å²) in [6, 6.07) is 6.30. The van der Waals surface area contributed by atoms with Crippen LogP contribution in [-0.4, -0.2) is 63.7 Å². The second-order valence-electron chi connectivity index (χ2n) is 8.21. The molecule has 162 valence electrons. The molecule has 0 aliphatic carbocycles. The van der Waals surface area contributed by atoms with Gasteiger partial charge >= 0.3 is 5.97 Å². The summed E-state index contributed by atoms with van der Waals surface area (Å²) in [5, 5.41) is 0.